The van der Waals surface area contributed by atoms with Crippen LogP contribution in [0.3, 0.4) is 0 Å². The van der Waals surface area contributed by atoms with Crippen LogP contribution in [-0.4, -0.2) is 14.5 Å². The van der Waals surface area contributed by atoms with Gasteiger partial charge in [0.15, 0.2) is 0 Å². The molecule has 0 saturated heterocycles. The lowest BCUT2D eigenvalue weighted by atomic mass is 9.85. The van der Waals surface area contributed by atoms with Gasteiger partial charge in [-0.15, -0.1) is 0 Å². The van der Waals surface area contributed by atoms with E-state index in [0.717, 1.165) is 12.8 Å². The van der Waals surface area contributed by atoms with Gasteiger partial charge < -0.3 is 0 Å². The summed E-state index contributed by atoms with van der Waals surface area (Å²) in [6, 6.07) is 7.95. The Morgan fingerprint density at radius 1 is 1.20 bits per heavy atom. The highest BCUT2D eigenvalue weighted by Gasteiger charge is 2.25. The van der Waals surface area contributed by atoms with Gasteiger partial charge in [-0.2, -0.15) is 5.26 Å². The van der Waals surface area contributed by atoms with Crippen LogP contribution in [0.15, 0.2) is 29.2 Å². The largest absolute Gasteiger partial charge is 0.240 e. The minimum absolute atomic E-state index is 0.0454. The third-order valence-corrected chi connectivity index (χ3v) is 5.57. The molecule has 0 aliphatic heterocycles. The molecule has 0 aromatic heterocycles. The fraction of sp³-hybridized carbons (Fsp3) is 0.533. The van der Waals surface area contributed by atoms with E-state index in [1.807, 2.05) is 13.0 Å². The molecule has 1 aliphatic rings. The van der Waals surface area contributed by atoms with Crippen molar-refractivity contribution in [3.63, 3.8) is 0 Å². The van der Waals surface area contributed by atoms with Crippen LogP contribution in [0.5, 0.6) is 0 Å². The lowest BCUT2D eigenvalue weighted by molar-refractivity contribution is 0.303. The Kier molecular flexibility index (Phi) is 4.79. The maximum absolute atomic E-state index is 12.3. The summed E-state index contributed by atoms with van der Waals surface area (Å²) in [7, 11) is -3.49. The molecule has 108 valence electrons. The van der Waals surface area contributed by atoms with Crippen LogP contribution < -0.4 is 4.72 Å². The fourth-order valence-corrected chi connectivity index (χ4v) is 4.06. The van der Waals surface area contributed by atoms with E-state index < -0.39 is 10.0 Å². The number of hydrogen-bond acceptors (Lipinski definition) is 3. The van der Waals surface area contributed by atoms with E-state index in [0.29, 0.717) is 11.5 Å². The average Bonchev–Trinajstić information content (AvgIpc) is 2.48. The Balaban J connectivity index is 2.07. The van der Waals surface area contributed by atoms with Gasteiger partial charge in [-0.05, 0) is 49.9 Å². The molecule has 1 aromatic rings. The zero-order chi connectivity index (χ0) is 14.6. The average molecular weight is 292 g/mol. The smallest absolute Gasteiger partial charge is 0.208 e. The van der Waals surface area contributed by atoms with Gasteiger partial charge in [0.25, 0.3) is 0 Å². The van der Waals surface area contributed by atoms with Crippen molar-refractivity contribution in [2.24, 2.45) is 5.92 Å². The SMILES string of the molecule is CC(NS(=O)(=O)c1ccc(C#N)cc1)C1CCCCC1. The van der Waals surface area contributed by atoms with E-state index in [1.54, 1.807) is 0 Å². The third kappa shape index (κ3) is 3.59. The number of hydrogen-bond donors (Lipinski definition) is 1. The molecule has 0 radical (unpaired) electrons. The van der Waals surface area contributed by atoms with E-state index in [2.05, 4.69) is 4.72 Å². The minimum Gasteiger partial charge on any atom is -0.208 e. The molecule has 0 heterocycles. The van der Waals surface area contributed by atoms with Crippen molar-refractivity contribution in [3.8, 4) is 6.07 Å². The second kappa shape index (κ2) is 6.38. The molecule has 1 aromatic carbocycles. The summed E-state index contributed by atoms with van der Waals surface area (Å²) >= 11 is 0. The van der Waals surface area contributed by atoms with Crippen LogP contribution in [0.25, 0.3) is 0 Å². The molecular formula is C15H20N2O2S. The Bertz CT molecular complexity index is 581. The molecule has 4 nitrogen and oxygen atoms in total. The molecule has 1 fully saturated rings. The molecule has 5 heteroatoms. The van der Waals surface area contributed by atoms with Crippen molar-refractivity contribution >= 4 is 10.0 Å². The predicted octanol–water partition coefficient (Wildman–Crippen LogP) is 2.81. The van der Waals surface area contributed by atoms with Crippen molar-refractivity contribution in [3.05, 3.63) is 29.8 Å². The van der Waals surface area contributed by atoms with Gasteiger partial charge in [0, 0.05) is 6.04 Å². The van der Waals surface area contributed by atoms with Crippen molar-refractivity contribution in [1.29, 1.82) is 5.26 Å². The standard InChI is InChI=1S/C15H20N2O2S/c1-12(14-5-3-2-4-6-14)17-20(18,19)15-9-7-13(11-16)8-10-15/h7-10,12,14,17H,2-6H2,1H3. The summed E-state index contributed by atoms with van der Waals surface area (Å²) in [6.07, 6.45) is 5.82. The normalized spacial score (nSPS) is 18.4. The van der Waals surface area contributed by atoms with Crippen LogP contribution in [0, 0.1) is 17.2 Å². The highest BCUT2D eigenvalue weighted by atomic mass is 32.2. The van der Waals surface area contributed by atoms with Crippen molar-refractivity contribution in [2.45, 2.75) is 50.0 Å². The number of nitrogens with zero attached hydrogens (tertiary/aromatic N) is 1. The molecule has 1 aliphatic carbocycles. The van der Waals surface area contributed by atoms with Crippen LogP contribution in [0.4, 0.5) is 0 Å². The van der Waals surface area contributed by atoms with E-state index >= 15 is 0 Å². The Morgan fingerprint density at radius 3 is 2.35 bits per heavy atom. The van der Waals surface area contributed by atoms with Gasteiger partial charge in [0.05, 0.1) is 16.5 Å². The quantitative estimate of drug-likeness (QED) is 0.927. The van der Waals surface area contributed by atoms with Gasteiger partial charge in [-0.3, -0.25) is 0 Å². The van der Waals surface area contributed by atoms with Crippen molar-refractivity contribution in [2.75, 3.05) is 0 Å². The molecular weight excluding hydrogens is 272 g/mol. The third-order valence-electron chi connectivity index (χ3n) is 3.99. The molecule has 0 amide bonds. The molecule has 0 spiro atoms. The molecule has 0 bridgehead atoms. The van der Waals surface area contributed by atoms with Gasteiger partial charge >= 0.3 is 0 Å². The lowest BCUT2D eigenvalue weighted by Gasteiger charge is -2.28. The summed E-state index contributed by atoms with van der Waals surface area (Å²) in [5, 5.41) is 8.73. The maximum atomic E-state index is 12.3. The van der Waals surface area contributed by atoms with E-state index in [9.17, 15) is 8.42 Å². The van der Waals surface area contributed by atoms with Crippen LogP contribution >= 0.6 is 0 Å². The molecule has 1 unspecified atom stereocenters. The number of rotatable bonds is 4. The highest BCUT2D eigenvalue weighted by molar-refractivity contribution is 7.89. The molecule has 1 saturated carbocycles. The number of sulfonamides is 1. The first-order chi connectivity index (χ1) is 9.53. The lowest BCUT2D eigenvalue weighted by Crippen LogP contribution is -2.38. The fourth-order valence-electron chi connectivity index (χ4n) is 2.75. The molecule has 20 heavy (non-hydrogen) atoms. The highest BCUT2D eigenvalue weighted by Crippen LogP contribution is 2.27. The second-order valence-corrected chi connectivity index (χ2v) is 7.16. The van der Waals surface area contributed by atoms with Crippen molar-refractivity contribution in [1.82, 2.24) is 4.72 Å². The summed E-state index contributed by atoms with van der Waals surface area (Å²) < 4.78 is 27.4. The Hall–Kier alpha value is -1.38. The van der Waals surface area contributed by atoms with E-state index in [1.165, 1.54) is 43.5 Å². The first-order valence-corrected chi connectivity index (χ1v) is 8.54. The maximum Gasteiger partial charge on any atom is 0.240 e. The Labute approximate surface area is 120 Å². The van der Waals surface area contributed by atoms with Crippen molar-refractivity contribution < 1.29 is 8.42 Å². The summed E-state index contributed by atoms with van der Waals surface area (Å²) in [6.45, 7) is 1.94. The van der Waals surface area contributed by atoms with Gasteiger partial charge in [0.2, 0.25) is 10.0 Å². The predicted molar refractivity (Wildman–Crippen MR) is 77.5 cm³/mol. The Morgan fingerprint density at radius 2 is 1.80 bits per heavy atom. The van der Waals surface area contributed by atoms with Crippen LogP contribution in [0.1, 0.15) is 44.6 Å². The molecule has 2 rings (SSSR count). The van der Waals surface area contributed by atoms with Gasteiger partial charge in [-0.1, -0.05) is 19.3 Å². The topological polar surface area (TPSA) is 70.0 Å². The zero-order valence-corrected chi connectivity index (χ0v) is 12.5. The minimum atomic E-state index is -3.49. The summed E-state index contributed by atoms with van der Waals surface area (Å²) in [4.78, 5) is 0.221. The van der Waals surface area contributed by atoms with Gasteiger partial charge in [-0.25, -0.2) is 13.1 Å². The zero-order valence-electron chi connectivity index (χ0n) is 11.7. The second-order valence-electron chi connectivity index (χ2n) is 5.44. The number of benzene rings is 1. The number of nitrogens with one attached hydrogen (secondary N) is 1. The molecule has 1 atom stereocenters. The van der Waals surface area contributed by atoms with Crippen LogP contribution in [-0.2, 0) is 10.0 Å². The summed E-state index contributed by atoms with van der Waals surface area (Å²) in [5.74, 6) is 0.428. The first kappa shape index (κ1) is 15.0. The van der Waals surface area contributed by atoms with E-state index in [4.69, 9.17) is 5.26 Å². The summed E-state index contributed by atoms with van der Waals surface area (Å²) in [5.41, 5.74) is 0.462. The van der Waals surface area contributed by atoms with E-state index in [-0.39, 0.29) is 10.9 Å². The number of nitriles is 1. The van der Waals surface area contributed by atoms with Gasteiger partial charge in [0.1, 0.15) is 0 Å². The molecule has 1 N–H and O–H groups in total. The monoisotopic (exact) mass is 292 g/mol. The first-order valence-electron chi connectivity index (χ1n) is 7.05. The van der Waals surface area contributed by atoms with Crippen LogP contribution in [0.2, 0.25) is 0 Å².